The van der Waals surface area contributed by atoms with Crippen LogP contribution in [0.15, 0.2) is 53.1 Å². The van der Waals surface area contributed by atoms with E-state index in [-0.39, 0.29) is 11.2 Å². The summed E-state index contributed by atoms with van der Waals surface area (Å²) in [5, 5.41) is 4.02. The second kappa shape index (κ2) is 5.37. The van der Waals surface area contributed by atoms with E-state index in [0.29, 0.717) is 11.7 Å². The fourth-order valence-corrected chi connectivity index (χ4v) is 2.13. The Kier molecular flexibility index (Phi) is 3.53. The number of rotatable bonds is 2. The third-order valence-electron chi connectivity index (χ3n) is 3.37. The van der Waals surface area contributed by atoms with Gasteiger partial charge < -0.3 is 4.52 Å². The van der Waals surface area contributed by atoms with Gasteiger partial charge in [-0.15, -0.1) is 0 Å². The predicted molar refractivity (Wildman–Crippen MR) is 83.8 cm³/mol. The molecule has 3 nitrogen and oxygen atoms in total. The summed E-state index contributed by atoms with van der Waals surface area (Å²) in [4.78, 5) is 4.43. The molecule has 22 heavy (non-hydrogen) atoms. The minimum Gasteiger partial charge on any atom is -0.338 e. The normalized spacial score (nSPS) is 11.6. The fourth-order valence-electron chi connectivity index (χ4n) is 2.13. The first-order valence-electron chi connectivity index (χ1n) is 7.14. The molecule has 0 atom stereocenters. The van der Waals surface area contributed by atoms with Gasteiger partial charge in [-0.1, -0.05) is 62.3 Å². The Hall–Kier alpha value is -2.49. The molecule has 0 aliphatic carbocycles. The van der Waals surface area contributed by atoms with Gasteiger partial charge in [-0.25, -0.2) is 4.39 Å². The van der Waals surface area contributed by atoms with Crippen molar-refractivity contribution in [2.24, 2.45) is 0 Å². The van der Waals surface area contributed by atoms with E-state index in [1.54, 1.807) is 6.07 Å². The Morgan fingerprint density at radius 2 is 1.59 bits per heavy atom. The van der Waals surface area contributed by atoms with Gasteiger partial charge in [0.15, 0.2) is 0 Å². The molecule has 4 heteroatoms. The molecule has 0 aliphatic heterocycles. The van der Waals surface area contributed by atoms with E-state index in [9.17, 15) is 4.39 Å². The molecule has 112 valence electrons. The van der Waals surface area contributed by atoms with Crippen LogP contribution in [0.5, 0.6) is 0 Å². The molecule has 0 fully saturated rings. The van der Waals surface area contributed by atoms with Crippen molar-refractivity contribution < 1.29 is 8.91 Å². The van der Waals surface area contributed by atoms with Crippen molar-refractivity contribution in [2.45, 2.75) is 26.2 Å². The molecule has 0 amide bonds. The highest BCUT2D eigenvalue weighted by molar-refractivity contribution is 5.67. The Bertz CT molecular complexity index is 785. The number of aromatic nitrogens is 2. The Morgan fingerprint density at radius 3 is 2.18 bits per heavy atom. The highest BCUT2D eigenvalue weighted by Gasteiger charge is 2.22. The average Bonchev–Trinajstić information content (AvgIpc) is 2.97. The van der Waals surface area contributed by atoms with Gasteiger partial charge in [-0.2, -0.15) is 4.98 Å². The number of nitrogens with zero attached hydrogens (tertiary/aromatic N) is 2. The van der Waals surface area contributed by atoms with Gasteiger partial charge in [-0.05, 0) is 23.3 Å². The van der Waals surface area contributed by atoms with Gasteiger partial charge in [0.2, 0.25) is 11.7 Å². The van der Waals surface area contributed by atoms with Crippen LogP contribution >= 0.6 is 0 Å². The topological polar surface area (TPSA) is 38.9 Å². The van der Waals surface area contributed by atoms with Crippen LogP contribution < -0.4 is 0 Å². The summed E-state index contributed by atoms with van der Waals surface area (Å²) in [6.45, 7) is 6.08. The van der Waals surface area contributed by atoms with Crippen LogP contribution in [-0.2, 0) is 5.41 Å². The zero-order valence-electron chi connectivity index (χ0n) is 12.8. The van der Waals surface area contributed by atoms with Crippen molar-refractivity contribution in [2.75, 3.05) is 0 Å². The molecule has 3 aromatic rings. The van der Waals surface area contributed by atoms with Crippen molar-refractivity contribution in [3.63, 3.8) is 0 Å². The third kappa shape index (κ3) is 2.91. The van der Waals surface area contributed by atoms with Gasteiger partial charge in [0.05, 0.1) is 0 Å². The summed E-state index contributed by atoms with van der Waals surface area (Å²) < 4.78 is 18.6. The van der Waals surface area contributed by atoms with Gasteiger partial charge in [0.1, 0.15) is 5.82 Å². The van der Waals surface area contributed by atoms with Crippen LogP contribution in [0.3, 0.4) is 0 Å². The van der Waals surface area contributed by atoms with Crippen molar-refractivity contribution >= 4 is 0 Å². The van der Waals surface area contributed by atoms with Crippen LogP contribution in [0.4, 0.5) is 4.39 Å². The Labute approximate surface area is 128 Å². The summed E-state index contributed by atoms with van der Waals surface area (Å²) >= 11 is 0. The van der Waals surface area contributed by atoms with E-state index >= 15 is 0 Å². The fraction of sp³-hybridized carbons (Fsp3) is 0.222. The van der Waals surface area contributed by atoms with E-state index in [2.05, 4.69) is 10.1 Å². The molecule has 3 rings (SSSR count). The van der Waals surface area contributed by atoms with E-state index in [1.807, 2.05) is 51.1 Å². The minimum absolute atomic E-state index is 0.174. The summed E-state index contributed by atoms with van der Waals surface area (Å²) in [5.41, 5.74) is 2.49. The second-order valence-corrected chi connectivity index (χ2v) is 6.26. The molecule has 0 aliphatic rings. The maximum absolute atomic E-state index is 13.3. The van der Waals surface area contributed by atoms with Crippen LogP contribution in [-0.4, -0.2) is 10.1 Å². The van der Waals surface area contributed by atoms with Crippen molar-refractivity contribution in [3.8, 4) is 22.5 Å². The standard InChI is InChI=1S/C18H17FN2O/c1-18(2,3)17-20-16(21-22-17)13-9-7-12(8-10-13)14-5-4-6-15(19)11-14/h4-11H,1-3H3. The van der Waals surface area contributed by atoms with E-state index in [4.69, 9.17) is 4.52 Å². The summed E-state index contributed by atoms with van der Waals surface area (Å²) in [6, 6.07) is 14.2. The third-order valence-corrected chi connectivity index (χ3v) is 3.37. The Balaban J connectivity index is 1.90. The lowest BCUT2D eigenvalue weighted by atomic mass is 9.97. The highest BCUT2D eigenvalue weighted by Crippen LogP contribution is 2.26. The van der Waals surface area contributed by atoms with Crippen LogP contribution in [0.2, 0.25) is 0 Å². The molecule has 1 aromatic heterocycles. The van der Waals surface area contributed by atoms with Gasteiger partial charge in [0, 0.05) is 11.0 Å². The average molecular weight is 296 g/mol. The molecule has 2 aromatic carbocycles. The zero-order valence-corrected chi connectivity index (χ0v) is 12.8. The second-order valence-electron chi connectivity index (χ2n) is 6.26. The molecule has 1 heterocycles. The maximum Gasteiger partial charge on any atom is 0.232 e. The van der Waals surface area contributed by atoms with Gasteiger partial charge in [-0.3, -0.25) is 0 Å². The highest BCUT2D eigenvalue weighted by atomic mass is 19.1. The quantitative estimate of drug-likeness (QED) is 0.679. The molecule has 0 saturated heterocycles. The molecule has 0 saturated carbocycles. The van der Waals surface area contributed by atoms with Crippen molar-refractivity contribution in [3.05, 3.63) is 60.2 Å². The molecule has 0 bridgehead atoms. The predicted octanol–water partition coefficient (Wildman–Crippen LogP) is 4.84. The molecule has 0 N–H and O–H groups in total. The number of benzene rings is 2. The zero-order chi connectivity index (χ0) is 15.7. The lowest BCUT2D eigenvalue weighted by molar-refractivity contribution is 0.321. The number of hydrogen-bond donors (Lipinski definition) is 0. The van der Waals surface area contributed by atoms with Crippen LogP contribution in [0.1, 0.15) is 26.7 Å². The minimum atomic E-state index is -0.241. The lowest BCUT2D eigenvalue weighted by Crippen LogP contribution is -2.11. The van der Waals surface area contributed by atoms with E-state index < -0.39 is 0 Å². The molecule has 0 spiro atoms. The first kappa shape index (κ1) is 14.4. The SMILES string of the molecule is CC(C)(C)c1nc(-c2ccc(-c3cccc(F)c3)cc2)no1. The van der Waals surface area contributed by atoms with E-state index in [1.165, 1.54) is 12.1 Å². The van der Waals surface area contributed by atoms with Crippen LogP contribution in [0.25, 0.3) is 22.5 Å². The van der Waals surface area contributed by atoms with Gasteiger partial charge >= 0.3 is 0 Å². The molecular weight excluding hydrogens is 279 g/mol. The van der Waals surface area contributed by atoms with Crippen molar-refractivity contribution in [1.29, 1.82) is 0 Å². The molecule has 0 unspecified atom stereocenters. The Morgan fingerprint density at radius 1 is 0.909 bits per heavy atom. The lowest BCUT2D eigenvalue weighted by Gasteiger charge is -2.10. The summed E-state index contributed by atoms with van der Waals surface area (Å²) in [6.07, 6.45) is 0. The first-order chi connectivity index (χ1) is 10.4. The molecule has 0 radical (unpaired) electrons. The summed E-state index contributed by atoms with van der Waals surface area (Å²) in [7, 11) is 0. The van der Waals surface area contributed by atoms with E-state index in [0.717, 1.165) is 16.7 Å². The first-order valence-corrected chi connectivity index (χ1v) is 7.14. The van der Waals surface area contributed by atoms with Crippen LogP contribution in [0, 0.1) is 5.82 Å². The largest absolute Gasteiger partial charge is 0.338 e. The maximum atomic E-state index is 13.3. The monoisotopic (exact) mass is 296 g/mol. The molecular formula is C18H17FN2O. The number of hydrogen-bond acceptors (Lipinski definition) is 3. The van der Waals surface area contributed by atoms with Gasteiger partial charge in [0.25, 0.3) is 0 Å². The smallest absolute Gasteiger partial charge is 0.232 e. The van der Waals surface area contributed by atoms with Crippen molar-refractivity contribution in [1.82, 2.24) is 10.1 Å². The number of halogens is 1. The summed E-state index contributed by atoms with van der Waals surface area (Å²) in [5.74, 6) is 0.932.